The fourth-order valence-corrected chi connectivity index (χ4v) is 3.47. The molecular formula is C25H38N2O7Si. The number of H-pyrrole nitrogens is 1. The number of aromatic nitrogens is 2. The van der Waals surface area contributed by atoms with Crippen LogP contribution in [0.3, 0.4) is 0 Å². The Bertz CT molecular complexity index is 971. The minimum absolute atomic E-state index is 0.175. The van der Waals surface area contributed by atoms with Gasteiger partial charge in [0, 0.05) is 18.2 Å². The molecule has 1 aromatic carbocycles. The Kier molecular flexibility index (Phi) is 10.8. The number of esters is 1. The molecule has 0 radical (unpaired) electrons. The van der Waals surface area contributed by atoms with Crippen LogP contribution in [-0.4, -0.2) is 62.1 Å². The first-order valence-electron chi connectivity index (χ1n) is 12.0. The maximum atomic E-state index is 13.7. The van der Waals surface area contributed by atoms with Crippen LogP contribution in [-0.2, 0) is 20.7 Å². The largest absolute Gasteiger partial charge is 0.497 e. The van der Waals surface area contributed by atoms with E-state index >= 15 is 0 Å². The fraction of sp³-hybridized carbons (Fsp3) is 0.560. The Morgan fingerprint density at radius 1 is 1.17 bits per heavy atom. The Morgan fingerprint density at radius 2 is 1.91 bits per heavy atom. The van der Waals surface area contributed by atoms with E-state index in [0.29, 0.717) is 11.6 Å². The highest BCUT2D eigenvalue weighted by atomic mass is 28.3. The molecule has 1 aromatic heterocycles. The molecule has 0 saturated heterocycles. The van der Waals surface area contributed by atoms with Crippen molar-refractivity contribution in [3.05, 3.63) is 35.8 Å². The summed E-state index contributed by atoms with van der Waals surface area (Å²) in [5, 5.41) is 0. The van der Waals surface area contributed by atoms with Crippen LogP contribution >= 0.6 is 0 Å². The van der Waals surface area contributed by atoms with E-state index in [2.05, 4.69) is 36.5 Å². The number of hydrogen-bond acceptors (Lipinski definition) is 8. The zero-order chi connectivity index (χ0) is 26.0. The van der Waals surface area contributed by atoms with Crippen molar-refractivity contribution in [2.75, 3.05) is 20.3 Å². The van der Waals surface area contributed by atoms with E-state index in [0.717, 1.165) is 25.1 Å². The lowest BCUT2D eigenvalue weighted by Gasteiger charge is -2.29. The van der Waals surface area contributed by atoms with E-state index in [9.17, 15) is 9.59 Å². The second-order valence-corrected chi connectivity index (χ2v) is 14.8. The van der Waals surface area contributed by atoms with Crippen LogP contribution in [0, 0.1) is 0 Å². The third-order valence-corrected chi connectivity index (χ3v) is 8.05. The van der Waals surface area contributed by atoms with Crippen LogP contribution < -0.4 is 14.2 Å². The maximum Gasteiger partial charge on any atom is 0.344 e. The molecule has 10 heteroatoms. The molecule has 2 aromatic rings. The van der Waals surface area contributed by atoms with Crippen molar-refractivity contribution in [2.24, 2.45) is 0 Å². The third kappa shape index (κ3) is 8.70. The Hall–Kier alpha value is -2.85. The standard InChI is InChI=1S/C25H38N2O7Si/c1-8-10-11-21-26-15-22(27-21)34-25(33-17(3)35(5,6)7)24(29)19-13-12-18(30-4)14-20(19)32-16-23(28)31-9-2/h12-15,17,25H,8-11,16H2,1-7H3,(H,26,27). The van der Waals surface area contributed by atoms with Gasteiger partial charge in [0.05, 0.1) is 33.6 Å². The first-order valence-corrected chi connectivity index (χ1v) is 15.5. The number of ether oxygens (including phenoxy) is 5. The van der Waals surface area contributed by atoms with Gasteiger partial charge in [0.25, 0.3) is 6.29 Å². The second kappa shape index (κ2) is 13.3. The molecule has 1 heterocycles. The molecule has 194 valence electrons. The van der Waals surface area contributed by atoms with Crippen LogP contribution in [0.5, 0.6) is 17.4 Å². The van der Waals surface area contributed by atoms with Gasteiger partial charge in [0.15, 0.2) is 6.61 Å². The molecule has 0 aliphatic carbocycles. The number of aryl methyl sites for hydroxylation is 1. The van der Waals surface area contributed by atoms with Crippen LogP contribution in [0.2, 0.25) is 19.6 Å². The van der Waals surface area contributed by atoms with Crippen LogP contribution in [0.25, 0.3) is 0 Å². The van der Waals surface area contributed by atoms with Gasteiger partial charge in [-0.15, -0.1) is 0 Å². The van der Waals surface area contributed by atoms with Crippen molar-refractivity contribution in [2.45, 2.75) is 71.7 Å². The summed E-state index contributed by atoms with van der Waals surface area (Å²) < 4.78 is 28.0. The first kappa shape index (κ1) is 28.4. The number of unbranched alkanes of at least 4 members (excludes halogenated alkanes) is 1. The molecule has 0 bridgehead atoms. The number of imidazole rings is 1. The number of benzene rings is 1. The SMILES string of the molecule is CCCCc1ncc(OC(OC(C)[Si](C)(C)C)C(=O)c2ccc(OC)cc2OCC(=O)OCC)[nH]1. The van der Waals surface area contributed by atoms with Crippen LogP contribution in [0.1, 0.15) is 49.8 Å². The average Bonchev–Trinajstić information content (AvgIpc) is 3.27. The van der Waals surface area contributed by atoms with E-state index < -0.39 is 26.1 Å². The summed E-state index contributed by atoms with van der Waals surface area (Å²) in [6.45, 7) is 12.1. The van der Waals surface area contributed by atoms with Gasteiger partial charge in [0.1, 0.15) is 17.3 Å². The highest BCUT2D eigenvalue weighted by molar-refractivity contribution is 6.77. The van der Waals surface area contributed by atoms with Gasteiger partial charge in [0.2, 0.25) is 11.7 Å². The fourth-order valence-electron chi connectivity index (χ4n) is 2.94. The Balaban J connectivity index is 2.35. The number of ketones is 1. The summed E-state index contributed by atoms with van der Waals surface area (Å²) in [7, 11) is -0.255. The van der Waals surface area contributed by atoms with Crippen molar-refractivity contribution < 1.29 is 33.3 Å². The monoisotopic (exact) mass is 506 g/mol. The highest BCUT2D eigenvalue weighted by Gasteiger charge is 2.33. The Morgan fingerprint density at radius 3 is 2.54 bits per heavy atom. The third-order valence-electron chi connectivity index (χ3n) is 5.47. The van der Waals surface area contributed by atoms with E-state index in [1.807, 2.05) is 6.92 Å². The Labute approximate surface area is 208 Å². The molecule has 35 heavy (non-hydrogen) atoms. The van der Waals surface area contributed by atoms with Gasteiger partial charge in [-0.1, -0.05) is 33.0 Å². The van der Waals surface area contributed by atoms with Crippen LogP contribution in [0.15, 0.2) is 24.4 Å². The van der Waals surface area contributed by atoms with Crippen molar-refractivity contribution >= 4 is 19.8 Å². The lowest BCUT2D eigenvalue weighted by molar-refractivity contribution is -0.145. The number of nitrogens with zero attached hydrogens (tertiary/aromatic N) is 1. The number of rotatable bonds is 15. The first-order chi connectivity index (χ1) is 16.6. The van der Waals surface area contributed by atoms with E-state index in [-0.39, 0.29) is 30.3 Å². The lowest BCUT2D eigenvalue weighted by atomic mass is 10.1. The van der Waals surface area contributed by atoms with Gasteiger partial charge in [-0.25, -0.2) is 9.78 Å². The zero-order valence-electron chi connectivity index (χ0n) is 21.8. The van der Waals surface area contributed by atoms with E-state index in [1.54, 1.807) is 31.3 Å². The predicted octanol–water partition coefficient (Wildman–Crippen LogP) is 4.57. The van der Waals surface area contributed by atoms with Crippen molar-refractivity contribution in [3.8, 4) is 17.4 Å². The number of aromatic amines is 1. The summed E-state index contributed by atoms with van der Waals surface area (Å²) in [6, 6.07) is 4.76. The maximum absolute atomic E-state index is 13.7. The molecule has 0 amide bonds. The number of methoxy groups -OCH3 is 1. The second-order valence-electron chi connectivity index (χ2n) is 9.21. The topological polar surface area (TPSA) is 109 Å². The summed E-state index contributed by atoms with van der Waals surface area (Å²) in [6.07, 6.45) is 3.14. The molecule has 1 N–H and O–H groups in total. The molecule has 0 aliphatic heterocycles. The molecule has 0 spiro atoms. The molecule has 2 atom stereocenters. The van der Waals surface area contributed by atoms with Gasteiger partial charge < -0.3 is 28.7 Å². The summed E-state index contributed by atoms with van der Waals surface area (Å²) in [5.41, 5.74) is 0.0229. The molecule has 2 unspecified atom stereocenters. The summed E-state index contributed by atoms with van der Waals surface area (Å²) >= 11 is 0. The summed E-state index contributed by atoms with van der Waals surface area (Å²) in [4.78, 5) is 33.0. The normalized spacial score (nSPS) is 13.1. The number of carbonyl (C=O) groups is 2. The van der Waals surface area contributed by atoms with E-state index in [4.69, 9.17) is 23.7 Å². The van der Waals surface area contributed by atoms with Gasteiger partial charge >= 0.3 is 5.97 Å². The van der Waals surface area contributed by atoms with Crippen molar-refractivity contribution in [1.82, 2.24) is 9.97 Å². The molecule has 9 nitrogen and oxygen atoms in total. The van der Waals surface area contributed by atoms with Gasteiger partial charge in [-0.3, -0.25) is 4.79 Å². The van der Waals surface area contributed by atoms with Gasteiger partial charge in [-0.2, -0.15) is 0 Å². The predicted molar refractivity (Wildman–Crippen MR) is 135 cm³/mol. The minimum Gasteiger partial charge on any atom is -0.497 e. The number of Topliss-reactive ketones (excluding diaryl/α,β-unsaturated/α-hetero) is 1. The average molecular weight is 507 g/mol. The lowest BCUT2D eigenvalue weighted by Crippen LogP contribution is -2.44. The number of nitrogens with one attached hydrogen (secondary N) is 1. The summed E-state index contributed by atoms with van der Waals surface area (Å²) in [5.74, 6) is 0.800. The minimum atomic E-state index is -1.76. The zero-order valence-corrected chi connectivity index (χ0v) is 22.8. The van der Waals surface area contributed by atoms with Crippen molar-refractivity contribution in [1.29, 1.82) is 0 Å². The highest BCUT2D eigenvalue weighted by Crippen LogP contribution is 2.28. The molecular weight excluding hydrogens is 468 g/mol. The van der Waals surface area contributed by atoms with Gasteiger partial charge in [-0.05, 0) is 32.4 Å². The molecule has 0 fully saturated rings. The number of carbonyl (C=O) groups excluding carboxylic acids is 2. The molecule has 2 rings (SSSR count). The van der Waals surface area contributed by atoms with Crippen molar-refractivity contribution in [3.63, 3.8) is 0 Å². The molecule has 0 saturated carbocycles. The quantitative estimate of drug-likeness (QED) is 0.162. The smallest absolute Gasteiger partial charge is 0.344 e. The van der Waals surface area contributed by atoms with Crippen LogP contribution in [0.4, 0.5) is 0 Å². The number of hydrogen-bond donors (Lipinski definition) is 1. The molecule has 0 aliphatic rings. The van der Waals surface area contributed by atoms with E-state index in [1.165, 1.54) is 7.11 Å².